The Morgan fingerprint density at radius 2 is 1.72 bits per heavy atom. The normalized spacial score (nSPS) is 10.7. The monoisotopic (exact) mass is 624 g/mol. The van der Waals surface area contributed by atoms with Gasteiger partial charge in [-0.25, -0.2) is 27.7 Å². The Kier molecular flexibility index (Phi) is 16.9. The molecular formula is C26H34K2N4O5S2. The van der Waals surface area contributed by atoms with Gasteiger partial charge in [0, 0.05) is 25.1 Å². The zero-order valence-electron chi connectivity index (χ0n) is 25.2. The maximum Gasteiger partial charge on any atom is 1.00 e. The van der Waals surface area contributed by atoms with Crippen LogP contribution >= 0.6 is 11.8 Å². The van der Waals surface area contributed by atoms with Crippen molar-refractivity contribution >= 4 is 33.8 Å². The van der Waals surface area contributed by atoms with Gasteiger partial charge in [-0.1, -0.05) is 62.7 Å². The average Bonchev–Trinajstić information content (AvgIpc) is 3.23. The number of aryl methyl sites for hydroxylation is 1. The number of hydrogen-bond acceptors (Lipinski definition) is 6. The van der Waals surface area contributed by atoms with Crippen LogP contribution in [0, 0.1) is 0 Å². The van der Waals surface area contributed by atoms with E-state index in [1.807, 2.05) is 25.3 Å². The number of sulfonamides is 1. The summed E-state index contributed by atoms with van der Waals surface area (Å²) >= 11 is 1.31. The molecular weight excluding hydrogens is 591 g/mol. The molecule has 2 aromatic carbocycles. The van der Waals surface area contributed by atoms with Gasteiger partial charge in [0.05, 0.1) is 4.90 Å². The first-order valence-electron chi connectivity index (χ1n) is 12.1. The van der Waals surface area contributed by atoms with Gasteiger partial charge in [-0.3, -0.25) is 0 Å². The third-order valence-corrected chi connectivity index (χ3v) is 7.77. The Morgan fingerprint density at radius 3 is 2.31 bits per heavy atom. The first-order valence-corrected chi connectivity index (χ1v) is 14.8. The van der Waals surface area contributed by atoms with E-state index in [9.17, 15) is 23.1 Å². The molecule has 0 atom stereocenters. The Bertz CT molecular complexity index is 1370. The molecule has 3 N–H and O–H groups in total. The van der Waals surface area contributed by atoms with E-state index in [1.54, 1.807) is 34.9 Å². The Hall–Kier alpha value is -0.0373. The fourth-order valence-corrected chi connectivity index (χ4v) is 5.63. The number of benzene rings is 2. The van der Waals surface area contributed by atoms with Crippen LogP contribution < -0.4 is 113 Å². The number of nitrogens with one attached hydrogen (secondary N) is 2. The summed E-state index contributed by atoms with van der Waals surface area (Å²) in [4.78, 5) is 28.6. The number of thioether (sulfide) groups is 1. The number of imidazole rings is 1. The van der Waals surface area contributed by atoms with Crippen molar-refractivity contribution in [2.24, 2.45) is 0 Å². The molecule has 3 aromatic rings. The summed E-state index contributed by atoms with van der Waals surface area (Å²) in [5, 5.41) is 12.8. The predicted molar refractivity (Wildman–Crippen MR) is 147 cm³/mol. The van der Waals surface area contributed by atoms with Crippen molar-refractivity contribution in [3.8, 4) is 11.1 Å². The number of rotatable bonds is 12. The number of carbonyl (C=O) groups excluding carboxylic acids is 1. The summed E-state index contributed by atoms with van der Waals surface area (Å²) in [6.45, 7) is 4.64. The minimum atomic E-state index is -4.10. The second-order valence-electron chi connectivity index (χ2n) is 8.44. The molecule has 202 valence electrons. The minimum absolute atomic E-state index is 0. The zero-order valence-corrected chi connectivity index (χ0v) is 31.0. The van der Waals surface area contributed by atoms with Gasteiger partial charge in [0.2, 0.25) is 0 Å². The Morgan fingerprint density at radius 1 is 1.05 bits per heavy atom. The topological polar surface area (TPSA) is 130 Å². The molecule has 0 bridgehead atoms. The number of carboxylic acids is 1. The molecule has 0 saturated carbocycles. The maximum absolute atomic E-state index is 12.9. The van der Waals surface area contributed by atoms with Crippen LogP contribution in [0.5, 0.6) is 0 Å². The molecule has 1 heterocycles. The minimum Gasteiger partial charge on any atom is -1.00 e. The fourth-order valence-electron chi connectivity index (χ4n) is 3.88. The van der Waals surface area contributed by atoms with E-state index in [1.165, 1.54) is 17.8 Å². The molecule has 1 aromatic heterocycles. The third-order valence-electron chi connectivity index (χ3n) is 5.71. The van der Waals surface area contributed by atoms with Crippen LogP contribution in [0.15, 0.2) is 58.5 Å². The molecule has 0 spiro atoms. The van der Waals surface area contributed by atoms with Crippen LogP contribution in [0.1, 0.15) is 57.8 Å². The molecule has 0 aliphatic heterocycles. The summed E-state index contributed by atoms with van der Waals surface area (Å²) in [6.07, 6.45) is 5.04. The van der Waals surface area contributed by atoms with Crippen LogP contribution in [0.3, 0.4) is 0 Å². The number of carbonyl (C=O) groups is 2. The number of hydrogen-bond donors (Lipinski definition) is 3. The molecule has 0 unspecified atom stereocenters. The van der Waals surface area contributed by atoms with Crippen molar-refractivity contribution in [3.05, 3.63) is 65.6 Å². The van der Waals surface area contributed by atoms with E-state index in [0.717, 1.165) is 24.2 Å². The number of aromatic carboxylic acids is 1. The Labute approximate surface area is 322 Å². The van der Waals surface area contributed by atoms with Gasteiger partial charge < -0.3 is 17.8 Å². The number of nitrogens with zero attached hydrogens (tertiary/aromatic N) is 2. The second kappa shape index (κ2) is 17.8. The van der Waals surface area contributed by atoms with Crippen LogP contribution in [-0.4, -0.2) is 47.9 Å². The van der Waals surface area contributed by atoms with Crippen molar-refractivity contribution in [2.75, 3.05) is 12.8 Å². The van der Waals surface area contributed by atoms with E-state index >= 15 is 0 Å². The number of carboxylic acid groups (broad SMARTS) is 1. The molecule has 0 saturated heterocycles. The van der Waals surface area contributed by atoms with E-state index in [-0.39, 0.29) is 116 Å². The quantitative estimate of drug-likeness (QED) is 0.174. The first-order chi connectivity index (χ1) is 17.7. The largest absolute Gasteiger partial charge is 1.00 e. The van der Waals surface area contributed by atoms with Gasteiger partial charge in [-0.15, -0.1) is 11.8 Å². The molecule has 0 aliphatic rings. The van der Waals surface area contributed by atoms with Crippen molar-refractivity contribution in [2.45, 2.75) is 56.0 Å². The standard InChI is InChI=1S/C26H32N4O5S2.2K.2H/c1-4-6-11-22-28-24(36-3)23(25(31)32)30(22)17-18-12-14-19(15-13-18)20-9-7-8-10-21(20)37(34,35)29-26(33)27-16-5-2;;;;/h7-10,12-15H,4-6,11,16-17H2,1-3H3,(H,31,32)(H2,27,29,33);;;;/q;2*+1;2*-1. The van der Waals surface area contributed by atoms with Crippen molar-refractivity contribution in [3.63, 3.8) is 0 Å². The summed E-state index contributed by atoms with van der Waals surface area (Å²) in [7, 11) is -4.10. The van der Waals surface area contributed by atoms with Gasteiger partial charge in [-0.05, 0) is 36.3 Å². The molecule has 2 amide bonds. The summed E-state index contributed by atoms with van der Waals surface area (Å²) < 4.78 is 29.7. The molecule has 3 rings (SSSR count). The van der Waals surface area contributed by atoms with E-state index in [2.05, 4.69) is 21.9 Å². The van der Waals surface area contributed by atoms with Gasteiger partial charge >= 0.3 is 115 Å². The van der Waals surface area contributed by atoms with Crippen molar-refractivity contribution in [1.82, 2.24) is 19.6 Å². The summed E-state index contributed by atoms with van der Waals surface area (Å²) in [5.41, 5.74) is 2.13. The number of amides is 2. The fraction of sp³-hybridized carbons (Fsp3) is 0.346. The number of unbranched alkanes of at least 4 members (excludes halogenated alkanes) is 1. The third kappa shape index (κ3) is 10.0. The molecule has 13 heteroatoms. The molecule has 0 radical (unpaired) electrons. The van der Waals surface area contributed by atoms with Gasteiger partial charge in [-0.2, -0.15) is 0 Å². The van der Waals surface area contributed by atoms with Crippen LogP contribution in [0.2, 0.25) is 0 Å². The molecule has 9 nitrogen and oxygen atoms in total. The van der Waals surface area contributed by atoms with Crippen LogP contribution in [-0.2, 0) is 23.0 Å². The maximum atomic E-state index is 12.9. The Balaban J connectivity index is 0. The molecule has 0 fully saturated rings. The van der Waals surface area contributed by atoms with Crippen LogP contribution in [0.25, 0.3) is 11.1 Å². The van der Waals surface area contributed by atoms with Crippen LogP contribution in [0.4, 0.5) is 4.79 Å². The predicted octanol–water partition coefficient (Wildman–Crippen LogP) is -1.01. The van der Waals surface area contributed by atoms with Gasteiger partial charge in [0.15, 0.2) is 5.69 Å². The second-order valence-corrected chi connectivity index (χ2v) is 10.9. The van der Waals surface area contributed by atoms with E-state index in [0.29, 0.717) is 42.1 Å². The number of aromatic nitrogens is 2. The summed E-state index contributed by atoms with van der Waals surface area (Å²) in [6, 6.07) is 13.0. The van der Waals surface area contributed by atoms with Gasteiger partial charge in [0.25, 0.3) is 10.0 Å². The van der Waals surface area contributed by atoms with Crippen molar-refractivity contribution in [1.29, 1.82) is 0 Å². The van der Waals surface area contributed by atoms with Gasteiger partial charge in [0.1, 0.15) is 10.9 Å². The average molecular weight is 625 g/mol. The summed E-state index contributed by atoms with van der Waals surface area (Å²) in [5.74, 6) is -0.289. The SMILES string of the molecule is CCCCc1nc(SC)c(C(=O)O)n1Cc1ccc(-c2ccccc2S(=O)(=O)NC(=O)NCCC)cc1.[H-].[H-].[K+].[K+]. The van der Waals surface area contributed by atoms with E-state index in [4.69, 9.17) is 0 Å². The smallest absolute Gasteiger partial charge is 1.00 e. The van der Waals surface area contributed by atoms with Crippen molar-refractivity contribution < 1.29 is 129 Å². The van der Waals surface area contributed by atoms with E-state index < -0.39 is 22.0 Å². The molecule has 39 heavy (non-hydrogen) atoms. The zero-order chi connectivity index (χ0) is 27.0. The molecule has 0 aliphatic carbocycles. The number of urea groups is 1. The first kappa shape index (κ1) is 37.0.